The zero-order valence-electron chi connectivity index (χ0n) is 21.6. The van der Waals surface area contributed by atoms with Crippen molar-refractivity contribution in [2.45, 2.75) is 83.5 Å². The highest BCUT2D eigenvalue weighted by molar-refractivity contribution is 6.03. The maximum Gasteiger partial charge on any atom is 0.302 e. The van der Waals surface area contributed by atoms with Gasteiger partial charge in [0, 0.05) is 20.0 Å². The number of rotatable bonds is 9. The van der Waals surface area contributed by atoms with Crippen LogP contribution in [0.25, 0.3) is 0 Å². The zero-order valence-corrected chi connectivity index (χ0v) is 21.6. The van der Waals surface area contributed by atoms with E-state index in [1.54, 1.807) is 9.58 Å². The third kappa shape index (κ3) is 5.16. The number of aromatic nitrogens is 3. The van der Waals surface area contributed by atoms with Crippen molar-refractivity contribution < 1.29 is 28.7 Å². The van der Waals surface area contributed by atoms with Crippen LogP contribution in [0.4, 0.5) is 0 Å². The summed E-state index contributed by atoms with van der Waals surface area (Å²) in [6.07, 6.45) is 4.92. The topological polar surface area (TPSA) is 170 Å². The summed E-state index contributed by atoms with van der Waals surface area (Å²) >= 11 is 0. The third-order valence-electron chi connectivity index (χ3n) is 7.74. The predicted molar refractivity (Wildman–Crippen MR) is 129 cm³/mol. The standard InChI is InChI=1S/C24H35N7O6/c1-14-19(27-28-31(14)11-17-7-4-5-8-17)22(35)30-10-6-9-24(30)13-29(23(24)36)12-18(33)26-20(21(25)34)15(2)37-16(3)32/h15,17,20H,4-13H2,1-3H3,(H2,25,34)(H,26,33)/t15-,20+,24?/m1/s1. The molecule has 3 N–H and O–H groups in total. The summed E-state index contributed by atoms with van der Waals surface area (Å²) in [7, 11) is 0. The van der Waals surface area contributed by atoms with Crippen molar-refractivity contribution in [3.05, 3.63) is 11.4 Å². The van der Waals surface area contributed by atoms with Gasteiger partial charge in [0.05, 0.1) is 18.8 Å². The van der Waals surface area contributed by atoms with Gasteiger partial charge in [-0.1, -0.05) is 18.1 Å². The lowest BCUT2D eigenvalue weighted by atomic mass is 9.85. The van der Waals surface area contributed by atoms with Crippen molar-refractivity contribution in [2.24, 2.45) is 11.7 Å². The van der Waals surface area contributed by atoms with Gasteiger partial charge in [0.1, 0.15) is 17.7 Å². The van der Waals surface area contributed by atoms with E-state index in [0.717, 1.165) is 19.4 Å². The number of ether oxygens (including phenoxy) is 1. The second kappa shape index (κ2) is 10.5. The number of hydrogen-bond acceptors (Lipinski definition) is 8. The van der Waals surface area contributed by atoms with Crippen molar-refractivity contribution in [3.63, 3.8) is 0 Å². The summed E-state index contributed by atoms with van der Waals surface area (Å²) in [4.78, 5) is 65.1. The molecule has 13 nitrogen and oxygen atoms in total. The van der Waals surface area contributed by atoms with Crippen LogP contribution < -0.4 is 11.1 Å². The molecule has 3 atom stereocenters. The highest BCUT2D eigenvalue weighted by atomic mass is 16.5. The monoisotopic (exact) mass is 517 g/mol. The summed E-state index contributed by atoms with van der Waals surface area (Å²) in [5.41, 5.74) is 5.29. The second-order valence-corrected chi connectivity index (χ2v) is 10.4. The van der Waals surface area contributed by atoms with Crippen molar-refractivity contribution in [2.75, 3.05) is 19.6 Å². The molecule has 37 heavy (non-hydrogen) atoms. The Morgan fingerprint density at radius 3 is 2.54 bits per heavy atom. The molecule has 1 saturated carbocycles. The molecule has 0 bridgehead atoms. The van der Waals surface area contributed by atoms with Crippen molar-refractivity contribution >= 4 is 29.6 Å². The average molecular weight is 518 g/mol. The molecule has 2 saturated heterocycles. The number of β-lactam (4-membered cyclic amide) rings is 1. The normalized spacial score (nSPS) is 23.2. The van der Waals surface area contributed by atoms with E-state index >= 15 is 0 Å². The van der Waals surface area contributed by atoms with Crippen LogP contribution in [0.15, 0.2) is 0 Å². The van der Waals surface area contributed by atoms with Crippen LogP contribution >= 0.6 is 0 Å². The van der Waals surface area contributed by atoms with Crippen LogP contribution in [0.3, 0.4) is 0 Å². The molecule has 13 heteroatoms. The van der Waals surface area contributed by atoms with E-state index in [-0.39, 0.29) is 30.6 Å². The first-order valence-corrected chi connectivity index (χ1v) is 12.8. The number of hydrogen-bond donors (Lipinski definition) is 2. The van der Waals surface area contributed by atoms with E-state index in [0.29, 0.717) is 31.0 Å². The number of primary amides is 1. The van der Waals surface area contributed by atoms with Gasteiger partial charge in [0.2, 0.25) is 11.8 Å². The lowest BCUT2D eigenvalue weighted by molar-refractivity contribution is -0.161. The van der Waals surface area contributed by atoms with Crippen LogP contribution in [0.5, 0.6) is 0 Å². The molecule has 0 radical (unpaired) electrons. The summed E-state index contributed by atoms with van der Waals surface area (Å²) in [5.74, 6) is -2.21. The molecule has 1 unspecified atom stereocenters. The molecule has 202 valence electrons. The minimum atomic E-state index is -1.24. The number of esters is 1. The number of nitrogens with two attached hydrogens (primary N) is 1. The summed E-state index contributed by atoms with van der Waals surface area (Å²) in [6.45, 7) is 5.49. The molecule has 1 aliphatic carbocycles. The molecular formula is C24H35N7O6. The van der Waals surface area contributed by atoms with Gasteiger partial charge in [0.25, 0.3) is 11.8 Å². The predicted octanol–water partition coefficient (Wildman–Crippen LogP) is -0.485. The zero-order chi connectivity index (χ0) is 26.9. The summed E-state index contributed by atoms with van der Waals surface area (Å²) in [5, 5.41) is 10.8. The van der Waals surface area contributed by atoms with Crippen LogP contribution in [0.2, 0.25) is 0 Å². The van der Waals surface area contributed by atoms with Crippen LogP contribution in [-0.2, 0) is 30.5 Å². The Labute approximate surface area is 215 Å². The molecule has 0 aromatic carbocycles. The van der Waals surface area contributed by atoms with E-state index < -0.39 is 35.5 Å². The largest absolute Gasteiger partial charge is 0.460 e. The Balaban J connectivity index is 1.38. The fourth-order valence-corrected chi connectivity index (χ4v) is 5.79. The first kappa shape index (κ1) is 26.6. The van der Waals surface area contributed by atoms with Gasteiger partial charge >= 0.3 is 5.97 Å². The van der Waals surface area contributed by atoms with E-state index in [2.05, 4.69) is 15.6 Å². The van der Waals surface area contributed by atoms with Crippen LogP contribution in [0.1, 0.15) is 68.6 Å². The minimum absolute atomic E-state index is 0.195. The molecule has 3 heterocycles. The van der Waals surface area contributed by atoms with Gasteiger partial charge in [-0.3, -0.25) is 24.0 Å². The summed E-state index contributed by atoms with van der Waals surface area (Å²) < 4.78 is 6.74. The summed E-state index contributed by atoms with van der Waals surface area (Å²) in [6, 6.07) is -1.24. The molecule has 3 aliphatic rings. The molecule has 1 aromatic rings. The first-order chi connectivity index (χ1) is 17.5. The second-order valence-electron chi connectivity index (χ2n) is 10.4. The number of carbonyl (C=O) groups is 5. The smallest absolute Gasteiger partial charge is 0.302 e. The highest BCUT2D eigenvalue weighted by Gasteiger charge is 2.60. The lowest BCUT2D eigenvalue weighted by Crippen LogP contribution is -2.74. The lowest BCUT2D eigenvalue weighted by Gasteiger charge is -2.50. The Bertz CT molecular complexity index is 1100. The van der Waals surface area contributed by atoms with Crippen molar-refractivity contribution in [1.82, 2.24) is 30.1 Å². The van der Waals surface area contributed by atoms with Gasteiger partial charge in [0.15, 0.2) is 5.69 Å². The van der Waals surface area contributed by atoms with E-state index in [1.807, 2.05) is 6.92 Å². The molecule has 2 aliphatic heterocycles. The molecule has 4 amide bonds. The van der Waals surface area contributed by atoms with Crippen molar-refractivity contribution in [3.8, 4) is 0 Å². The van der Waals surface area contributed by atoms with Gasteiger partial charge in [-0.25, -0.2) is 4.68 Å². The molecule has 3 fully saturated rings. The number of nitrogens with zero attached hydrogens (tertiary/aromatic N) is 5. The van der Waals surface area contributed by atoms with Crippen molar-refractivity contribution in [1.29, 1.82) is 0 Å². The van der Waals surface area contributed by atoms with Gasteiger partial charge < -0.3 is 25.6 Å². The fourth-order valence-electron chi connectivity index (χ4n) is 5.79. The number of amides is 4. The molecular weight excluding hydrogens is 482 g/mol. The Kier molecular flexibility index (Phi) is 7.51. The molecule has 1 aromatic heterocycles. The number of nitrogens with one attached hydrogen (secondary N) is 1. The third-order valence-corrected chi connectivity index (χ3v) is 7.74. The first-order valence-electron chi connectivity index (χ1n) is 12.8. The van der Waals surface area contributed by atoms with E-state index in [4.69, 9.17) is 10.5 Å². The fraction of sp³-hybridized carbons (Fsp3) is 0.708. The van der Waals surface area contributed by atoms with Crippen LogP contribution in [-0.4, -0.2) is 91.7 Å². The van der Waals surface area contributed by atoms with Gasteiger partial charge in [-0.15, -0.1) is 5.10 Å². The minimum Gasteiger partial charge on any atom is -0.460 e. The van der Waals surface area contributed by atoms with Crippen LogP contribution in [0, 0.1) is 12.8 Å². The maximum absolute atomic E-state index is 13.5. The number of likely N-dealkylation sites (tertiary alicyclic amines) is 2. The van der Waals surface area contributed by atoms with E-state index in [9.17, 15) is 24.0 Å². The Hall–Kier alpha value is -3.51. The highest BCUT2D eigenvalue weighted by Crippen LogP contribution is 2.39. The average Bonchev–Trinajstić information content (AvgIpc) is 3.58. The number of carbonyl (C=O) groups excluding carboxylic acids is 5. The Morgan fingerprint density at radius 2 is 1.92 bits per heavy atom. The quantitative estimate of drug-likeness (QED) is 0.327. The SMILES string of the molecule is CC(=O)O[C@H](C)[C@H](NC(=O)CN1CC2(CCCN2C(=O)c2nnn(CC3CCCC3)c2C)C1=O)C(N)=O. The van der Waals surface area contributed by atoms with Gasteiger partial charge in [-0.05, 0) is 45.4 Å². The Morgan fingerprint density at radius 1 is 1.22 bits per heavy atom. The molecule has 4 rings (SSSR count). The van der Waals surface area contributed by atoms with E-state index in [1.165, 1.54) is 31.6 Å². The molecule has 1 spiro atoms. The van der Waals surface area contributed by atoms with Gasteiger partial charge in [-0.2, -0.15) is 0 Å². The maximum atomic E-state index is 13.5.